The van der Waals surface area contributed by atoms with Crippen molar-refractivity contribution in [3.63, 3.8) is 0 Å². The van der Waals surface area contributed by atoms with E-state index in [-0.39, 0.29) is 25.2 Å². The van der Waals surface area contributed by atoms with Crippen LogP contribution in [0.25, 0.3) is 0 Å². The number of benzene rings is 2. The van der Waals surface area contributed by atoms with Gasteiger partial charge in [-0.1, -0.05) is 18.2 Å². The third kappa shape index (κ3) is 4.49. The number of anilines is 1. The number of hydrogen-bond acceptors (Lipinski definition) is 5. The molecular weight excluding hydrogens is 348 g/mol. The van der Waals surface area contributed by atoms with Crippen LogP contribution in [0.3, 0.4) is 0 Å². The Labute approximate surface area is 157 Å². The number of nitrogens with one attached hydrogen (secondary N) is 1. The molecule has 0 atom stereocenters. The summed E-state index contributed by atoms with van der Waals surface area (Å²) in [4.78, 5) is 25.9. The largest absolute Gasteiger partial charge is 0.492 e. The van der Waals surface area contributed by atoms with Crippen LogP contribution in [0.1, 0.15) is 19.4 Å². The fourth-order valence-electron chi connectivity index (χ4n) is 2.77. The number of hydrogen-bond donors (Lipinski definition) is 1. The summed E-state index contributed by atoms with van der Waals surface area (Å²) >= 11 is 0. The number of carbonyl (C=O) groups is 2. The van der Waals surface area contributed by atoms with Crippen LogP contribution in [0.5, 0.6) is 17.2 Å². The minimum Gasteiger partial charge on any atom is -0.492 e. The molecular formula is C20H22N2O5. The van der Waals surface area contributed by atoms with Gasteiger partial charge < -0.3 is 19.5 Å². The maximum absolute atomic E-state index is 12.4. The Morgan fingerprint density at radius 3 is 2.70 bits per heavy atom. The van der Waals surface area contributed by atoms with Crippen LogP contribution < -0.4 is 24.4 Å². The average Bonchev–Trinajstić information content (AvgIpc) is 3.13. The molecule has 3 rings (SSSR count). The molecule has 0 bridgehead atoms. The lowest BCUT2D eigenvalue weighted by atomic mass is 10.2. The molecule has 0 unspecified atom stereocenters. The molecule has 7 nitrogen and oxygen atoms in total. The van der Waals surface area contributed by atoms with Gasteiger partial charge in [0.05, 0.1) is 12.3 Å². The van der Waals surface area contributed by atoms with Gasteiger partial charge in [0.15, 0.2) is 11.5 Å². The van der Waals surface area contributed by atoms with E-state index in [0.717, 1.165) is 5.56 Å². The topological polar surface area (TPSA) is 77.1 Å². The zero-order valence-corrected chi connectivity index (χ0v) is 15.4. The fourth-order valence-corrected chi connectivity index (χ4v) is 2.77. The Kier molecular flexibility index (Phi) is 5.80. The molecule has 7 heteroatoms. The van der Waals surface area contributed by atoms with E-state index in [2.05, 4.69) is 5.32 Å². The molecule has 1 N–H and O–H groups in total. The highest BCUT2D eigenvalue weighted by Gasteiger charge is 2.19. The summed E-state index contributed by atoms with van der Waals surface area (Å²) in [5.74, 6) is 1.42. The van der Waals surface area contributed by atoms with E-state index in [1.54, 1.807) is 18.2 Å². The summed E-state index contributed by atoms with van der Waals surface area (Å²) < 4.78 is 16.2. The highest BCUT2D eigenvalue weighted by atomic mass is 16.7. The van der Waals surface area contributed by atoms with E-state index in [1.807, 2.05) is 31.2 Å². The average molecular weight is 370 g/mol. The Hall–Kier alpha value is -3.22. The summed E-state index contributed by atoms with van der Waals surface area (Å²) in [6, 6.07) is 12.7. The monoisotopic (exact) mass is 370 g/mol. The maximum Gasteiger partial charge on any atom is 0.240 e. The van der Waals surface area contributed by atoms with Gasteiger partial charge in [-0.05, 0) is 36.8 Å². The normalized spacial score (nSPS) is 11.8. The first kappa shape index (κ1) is 18.6. The Balaban J connectivity index is 1.65. The molecule has 1 aliphatic heterocycles. The van der Waals surface area contributed by atoms with Crippen LogP contribution in [-0.4, -0.2) is 31.8 Å². The van der Waals surface area contributed by atoms with Crippen LogP contribution in [0.4, 0.5) is 5.69 Å². The molecule has 0 saturated heterocycles. The minimum atomic E-state index is -0.269. The lowest BCUT2D eigenvalue weighted by Crippen LogP contribution is -2.39. The van der Waals surface area contributed by atoms with E-state index in [4.69, 9.17) is 14.2 Å². The van der Waals surface area contributed by atoms with Crippen LogP contribution >= 0.6 is 0 Å². The fraction of sp³-hybridized carbons (Fsp3) is 0.300. The molecule has 0 saturated carbocycles. The first-order chi connectivity index (χ1) is 13.1. The summed E-state index contributed by atoms with van der Waals surface area (Å²) in [6.45, 7) is 4.20. The summed E-state index contributed by atoms with van der Waals surface area (Å²) in [5, 5.41) is 2.83. The number of rotatable bonds is 7. The van der Waals surface area contributed by atoms with Gasteiger partial charge in [-0.15, -0.1) is 0 Å². The standard InChI is InChI=1S/C20H22N2O5/c1-3-25-17-7-5-4-6-16(17)22(14(2)23)12-20(24)21-11-15-8-9-18-19(10-15)27-13-26-18/h4-10H,3,11-13H2,1-2H3,(H,21,24). The zero-order chi connectivity index (χ0) is 19.2. The maximum atomic E-state index is 12.4. The molecule has 27 heavy (non-hydrogen) atoms. The van der Waals surface area contributed by atoms with Gasteiger partial charge in [0, 0.05) is 13.5 Å². The predicted octanol–water partition coefficient (Wildman–Crippen LogP) is 2.48. The quantitative estimate of drug-likeness (QED) is 0.810. The van der Waals surface area contributed by atoms with Crippen molar-refractivity contribution in [2.75, 3.05) is 24.8 Å². The Morgan fingerprint density at radius 2 is 1.93 bits per heavy atom. The lowest BCUT2D eigenvalue weighted by Gasteiger charge is -2.23. The summed E-state index contributed by atoms with van der Waals surface area (Å²) in [7, 11) is 0. The number of para-hydroxylation sites is 2. The van der Waals surface area contributed by atoms with Crippen molar-refractivity contribution in [3.05, 3.63) is 48.0 Å². The molecule has 1 heterocycles. The summed E-state index contributed by atoms with van der Waals surface area (Å²) in [5.41, 5.74) is 1.46. The Morgan fingerprint density at radius 1 is 1.15 bits per heavy atom. The van der Waals surface area contributed by atoms with Gasteiger partial charge in [-0.3, -0.25) is 14.5 Å². The van der Waals surface area contributed by atoms with Crippen molar-refractivity contribution >= 4 is 17.5 Å². The number of nitrogens with zero attached hydrogens (tertiary/aromatic N) is 1. The van der Waals surface area contributed by atoms with Crippen LogP contribution in [0.15, 0.2) is 42.5 Å². The number of carbonyl (C=O) groups excluding carboxylic acids is 2. The zero-order valence-electron chi connectivity index (χ0n) is 15.4. The van der Waals surface area contributed by atoms with Crippen molar-refractivity contribution in [2.24, 2.45) is 0 Å². The minimum absolute atomic E-state index is 0.0933. The lowest BCUT2D eigenvalue weighted by molar-refractivity contribution is -0.123. The van der Waals surface area contributed by atoms with Crippen molar-refractivity contribution in [3.8, 4) is 17.2 Å². The van der Waals surface area contributed by atoms with Gasteiger partial charge in [0.1, 0.15) is 12.3 Å². The van der Waals surface area contributed by atoms with E-state index in [9.17, 15) is 9.59 Å². The molecule has 2 aromatic rings. The highest BCUT2D eigenvalue weighted by molar-refractivity contribution is 5.98. The third-order valence-electron chi connectivity index (χ3n) is 4.06. The molecule has 142 valence electrons. The molecule has 0 fully saturated rings. The van der Waals surface area contributed by atoms with Crippen LogP contribution in [-0.2, 0) is 16.1 Å². The number of ether oxygens (including phenoxy) is 3. The van der Waals surface area contributed by atoms with Gasteiger partial charge in [0.2, 0.25) is 18.6 Å². The molecule has 0 spiro atoms. The van der Waals surface area contributed by atoms with E-state index < -0.39 is 0 Å². The highest BCUT2D eigenvalue weighted by Crippen LogP contribution is 2.32. The predicted molar refractivity (Wildman–Crippen MR) is 100 cm³/mol. The second kappa shape index (κ2) is 8.44. The van der Waals surface area contributed by atoms with Crippen molar-refractivity contribution in [1.29, 1.82) is 0 Å². The van der Waals surface area contributed by atoms with Crippen molar-refractivity contribution in [2.45, 2.75) is 20.4 Å². The molecule has 0 aliphatic carbocycles. The van der Waals surface area contributed by atoms with Crippen molar-refractivity contribution < 1.29 is 23.8 Å². The Bertz CT molecular complexity index is 837. The number of amides is 2. The SMILES string of the molecule is CCOc1ccccc1N(CC(=O)NCc1ccc2c(c1)OCO2)C(C)=O. The second-order valence-electron chi connectivity index (χ2n) is 5.97. The van der Waals surface area contributed by atoms with E-state index in [0.29, 0.717) is 36.1 Å². The molecule has 0 aromatic heterocycles. The first-order valence-corrected chi connectivity index (χ1v) is 8.73. The summed E-state index contributed by atoms with van der Waals surface area (Å²) in [6.07, 6.45) is 0. The van der Waals surface area contributed by atoms with E-state index in [1.165, 1.54) is 11.8 Å². The smallest absolute Gasteiger partial charge is 0.240 e. The van der Waals surface area contributed by atoms with Crippen molar-refractivity contribution in [1.82, 2.24) is 5.32 Å². The molecule has 1 aliphatic rings. The van der Waals surface area contributed by atoms with Gasteiger partial charge >= 0.3 is 0 Å². The van der Waals surface area contributed by atoms with Gasteiger partial charge in [-0.2, -0.15) is 0 Å². The number of fused-ring (bicyclic) bond motifs is 1. The first-order valence-electron chi connectivity index (χ1n) is 8.73. The second-order valence-corrected chi connectivity index (χ2v) is 5.97. The molecule has 2 aromatic carbocycles. The van der Waals surface area contributed by atoms with Crippen LogP contribution in [0.2, 0.25) is 0 Å². The molecule has 0 radical (unpaired) electrons. The van der Waals surface area contributed by atoms with Gasteiger partial charge in [0.25, 0.3) is 0 Å². The van der Waals surface area contributed by atoms with E-state index >= 15 is 0 Å². The third-order valence-corrected chi connectivity index (χ3v) is 4.06. The molecule has 2 amide bonds. The van der Waals surface area contributed by atoms with Gasteiger partial charge in [-0.25, -0.2) is 0 Å². The van der Waals surface area contributed by atoms with Crippen LogP contribution in [0, 0.1) is 0 Å².